The highest BCUT2D eigenvalue weighted by Gasteiger charge is 2.13. The molecule has 0 aromatic carbocycles. The van der Waals surface area contributed by atoms with Crippen molar-refractivity contribution in [2.24, 2.45) is 0 Å². The molecule has 0 aliphatic rings. The summed E-state index contributed by atoms with van der Waals surface area (Å²) >= 11 is 0. The monoisotopic (exact) mass is 259 g/mol. The van der Waals surface area contributed by atoms with E-state index in [1.54, 1.807) is 26.6 Å². The minimum absolute atomic E-state index is 0.0940. The quantitative estimate of drug-likeness (QED) is 0.856. The van der Waals surface area contributed by atoms with Gasteiger partial charge >= 0.3 is 0 Å². The van der Waals surface area contributed by atoms with E-state index in [0.717, 1.165) is 5.56 Å². The third-order valence-corrected chi connectivity index (χ3v) is 2.80. The standard InChI is InChI=1S/C13H17N5O/c1-9(10-4-6-15-7-5-10)18-13-11(19-3)12(14-2)16-8-17-13/h4-9H,1-3H3,(H2,14,16,17,18). The van der Waals surface area contributed by atoms with Crippen LogP contribution >= 0.6 is 0 Å². The van der Waals surface area contributed by atoms with Crippen LogP contribution in [0.1, 0.15) is 18.5 Å². The van der Waals surface area contributed by atoms with Gasteiger partial charge in [-0.15, -0.1) is 0 Å². The first kappa shape index (κ1) is 13.1. The molecule has 0 aliphatic heterocycles. The number of pyridine rings is 1. The molecule has 19 heavy (non-hydrogen) atoms. The molecule has 100 valence electrons. The maximum absolute atomic E-state index is 5.34. The Kier molecular flexibility index (Phi) is 4.12. The number of hydrogen-bond donors (Lipinski definition) is 2. The third-order valence-electron chi connectivity index (χ3n) is 2.80. The average Bonchev–Trinajstić information content (AvgIpc) is 2.47. The van der Waals surface area contributed by atoms with Crippen molar-refractivity contribution >= 4 is 11.6 Å². The summed E-state index contributed by atoms with van der Waals surface area (Å²) in [6.45, 7) is 2.05. The van der Waals surface area contributed by atoms with E-state index < -0.39 is 0 Å². The molecule has 2 heterocycles. The highest BCUT2D eigenvalue weighted by atomic mass is 16.5. The number of rotatable bonds is 5. The molecule has 1 unspecified atom stereocenters. The first-order chi connectivity index (χ1) is 9.26. The molecule has 2 N–H and O–H groups in total. The smallest absolute Gasteiger partial charge is 0.204 e. The van der Waals surface area contributed by atoms with Crippen LogP contribution in [0.3, 0.4) is 0 Å². The number of ether oxygens (including phenoxy) is 1. The molecule has 0 spiro atoms. The predicted molar refractivity (Wildman–Crippen MR) is 74.4 cm³/mol. The van der Waals surface area contributed by atoms with Crippen LogP contribution in [0.15, 0.2) is 30.9 Å². The van der Waals surface area contributed by atoms with E-state index in [4.69, 9.17) is 4.74 Å². The molecular formula is C13H17N5O. The van der Waals surface area contributed by atoms with E-state index in [2.05, 4.69) is 32.5 Å². The molecule has 0 amide bonds. The van der Waals surface area contributed by atoms with Crippen molar-refractivity contribution in [3.05, 3.63) is 36.4 Å². The lowest BCUT2D eigenvalue weighted by atomic mass is 10.1. The number of anilines is 2. The van der Waals surface area contributed by atoms with E-state index >= 15 is 0 Å². The number of aromatic nitrogens is 3. The zero-order valence-corrected chi connectivity index (χ0v) is 11.2. The van der Waals surface area contributed by atoms with Crippen molar-refractivity contribution in [2.75, 3.05) is 24.8 Å². The van der Waals surface area contributed by atoms with Gasteiger partial charge in [-0.1, -0.05) is 0 Å². The summed E-state index contributed by atoms with van der Waals surface area (Å²) in [5.41, 5.74) is 1.13. The van der Waals surface area contributed by atoms with Crippen LogP contribution in [0.2, 0.25) is 0 Å². The lowest BCUT2D eigenvalue weighted by molar-refractivity contribution is 0.414. The minimum atomic E-state index is 0.0940. The molecule has 2 aromatic rings. The lowest BCUT2D eigenvalue weighted by Gasteiger charge is -2.17. The molecule has 0 bridgehead atoms. The predicted octanol–water partition coefficient (Wildman–Crippen LogP) is 2.09. The van der Waals surface area contributed by atoms with Crippen molar-refractivity contribution in [2.45, 2.75) is 13.0 Å². The molecule has 0 saturated carbocycles. The molecule has 6 nitrogen and oxygen atoms in total. The van der Waals surface area contributed by atoms with Crippen molar-refractivity contribution in [1.82, 2.24) is 15.0 Å². The van der Waals surface area contributed by atoms with Crippen LogP contribution in [0.5, 0.6) is 5.75 Å². The van der Waals surface area contributed by atoms with E-state index in [1.165, 1.54) is 6.33 Å². The van der Waals surface area contributed by atoms with Crippen molar-refractivity contribution in [3.63, 3.8) is 0 Å². The molecule has 0 fully saturated rings. The fourth-order valence-electron chi connectivity index (χ4n) is 1.79. The average molecular weight is 259 g/mol. The van der Waals surface area contributed by atoms with Gasteiger partial charge in [0.1, 0.15) is 6.33 Å². The molecule has 2 rings (SSSR count). The maximum atomic E-state index is 5.34. The summed E-state index contributed by atoms with van der Waals surface area (Å²) in [5.74, 6) is 1.92. The van der Waals surface area contributed by atoms with Gasteiger partial charge in [0.25, 0.3) is 0 Å². The van der Waals surface area contributed by atoms with Gasteiger partial charge in [-0.3, -0.25) is 4.98 Å². The Morgan fingerprint density at radius 1 is 1.16 bits per heavy atom. The SMILES string of the molecule is CNc1ncnc(NC(C)c2ccncc2)c1OC. The Hall–Kier alpha value is -2.37. The normalized spacial score (nSPS) is 11.7. The number of hydrogen-bond acceptors (Lipinski definition) is 6. The van der Waals surface area contributed by atoms with Crippen LogP contribution in [0.4, 0.5) is 11.6 Å². The highest BCUT2D eigenvalue weighted by Crippen LogP contribution is 2.30. The van der Waals surface area contributed by atoms with Crippen molar-refractivity contribution in [1.29, 1.82) is 0 Å². The van der Waals surface area contributed by atoms with Gasteiger partial charge in [0, 0.05) is 19.4 Å². The third kappa shape index (κ3) is 2.90. The molecule has 0 radical (unpaired) electrons. The molecule has 1 atom stereocenters. The zero-order valence-electron chi connectivity index (χ0n) is 11.2. The topological polar surface area (TPSA) is 72.0 Å². The summed E-state index contributed by atoms with van der Waals surface area (Å²) in [5, 5.41) is 6.28. The summed E-state index contributed by atoms with van der Waals surface area (Å²) in [6, 6.07) is 4.02. The Bertz CT molecular complexity index is 532. The second kappa shape index (κ2) is 5.99. The van der Waals surface area contributed by atoms with Crippen molar-refractivity contribution in [3.8, 4) is 5.75 Å². The molecule has 0 aliphatic carbocycles. The van der Waals surface area contributed by atoms with Crippen LogP contribution in [0.25, 0.3) is 0 Å². The van der Waals surface area contributed by atoms with Crippen LogP contribution in [0, 0.1) is 0 Å². The first-order valence-electron chi connectivity index (χ1n) is 5.99. The second-order valence-electron chi connectivity index (χ2n) is 4.00. The Morgan fingerprint density at radius 3 is 2.47 bits per heavy atom. The van der Waals surface area contributed by atoms with Crippen LogP contribution in [-0.4, -0.2) is 29.1 Å². The summed E-state index contributed by atoms with van der Waals surface area (Å²) in [6.07, 6.45) is 5.03. The maximum Gasteiger partial charge on any atom is 0.204 e. The van der Waals surface area contributed by atoms with Crippen LogP contribution < -0.4 is 15.4 Å². The van der Waals surface area contributed by atoms with E-state index in [1.807, 2.05) is 12.1 Å². The van der Waals surface area contributed by atoms with Crippen LogP contribution in [-0.2, 0) is 0 Å². The number of nitrogens with zero attached hydrogens (tertiary/aromatic N) is 3. The first-order valence-corrected chi connectivity index (χ1v) is 5.99. The van der Waals surface area contributed by atoms with Gasteiger partial charge < -0.3 is 15.4 Å². The Balaban J connectivity index is 2.24. The van der Waals surface area contributed by atoms with Gasteiger partial charge in [-0.2, -0.15) is 0 Å². The molecule has 0 saturated heterocycles. The fourth-order valence-corrected chi connectivity index (χ4v) is 1.79. The minimum Gasteiger partial charge on any atom is -0.490 e. The summed E-state index contributed by atoms with van der Waals surface area (Å²) in [7, 11) is 3.39. The highest BCUT2D eigenvalue weighted by molar-refractivity contribution is 5.63. The summed E-state index contributed by atoms with van der Waals surface area (Å²) in [4.78, 5) is 12.3. The van der Waals surface area contributed by atoms with Gasteiger partial charge in [-0.05, 0) is 24.6 Å². The van der Waals surface area contributed by atoms with E-state index in [0.29, 0.717) is 17.4 Å². The van der Waals surface area contributed by atoms with Gasteiger partial charge in [-0.25, -0.2) is 9.97 Å². The number of methoxy groups -OCH3 is 1. The number of nitrogens with one attached hydrogen (secondary N) is 2. The second-order valence-corrected chi connectivity index (χ2v) is 4.00. The van der Waals surface area contributed by atoms with Crippen molar-refractivity contribution < 1.29 is 4.74 Å². The zero-order chi connectivity index (χ0) is 13.7. The lowest BCUT2D eigenvalue weighted by Crippen LogP contribution is -2.10. The largest absolute Gasteiger partial charge is 0.490 e. The Labute approximate surface area is 112 Å². The molecular weight excluding hydrogens is 242 g/mol. The summed E-state index contributed by atoms with van der Waals surface area (Å²) < 4.78 is 5.34. The van der Waals surface area contributed by atoms with E-state index in [-0.39, 0.29) is 6.04 Å². The molecule has 6 heteroatoms. The fraction of sp³-hybridized carbons (Fsp3) is 0.308. The molecule has 2 aromatic heterocycles. The van der Waals surface area contributed by atoms with Gasteiger partial charge in [0.05, 0.1) is 13.2 Å². The van der Waals surface area contributed by atoms with Gasteiger partial charge in [0.15, 0.2) is 11.6 Å². The Morgan fingerprint density at radius 2 is 1.84 bits per heavy atom. The van der Waals surface area contributed by atoms with Gasteiger partial charge in [0.2, 0.25) is 5.75 Å². The van der Waals surface area contributed by atoms with E-state index in [9.17, 15) is 0 Å².